The van der Waals surface area contributed by atoms with Gasteiger partial charge in [0, 0.05) is 5.56 Å². The van der Waals surface area contributed by atoms with E-state index in [-0.39, 0.29) is 6.61 Å². The number of rotatable bonds is 0. The van der Waals surface area contributed by atoms with Gasteiger partial charge in [0.25, 0.3) is 0 Å². The maximum atomic E-state index is 8.42. The summed E-state index contributed by atoms with van der Waals surface area (Å²) in [5.74, 6) is 5.24. The van der Waals surface area contributed by atoms with Crippen molar-refractivity contribution in [3.8, 4) is 11.8 Å². The largest absolute Gasteiger partial charge is 0.397 e. The summed E-state index contributed by atoms with van der Waals surface area (Å²) in [6.07, 6.45) is 0. The van der Waals surface area contributed by atoms with E-state index >= 15 is 0 Å². The molecule has 0 saturated heterocycles. The molecule has 0 fully saturated rings. The van der Waals surface area contributed by atoms with Crippen LogP contribution in [0.2, 0.25) is 5.02 Å². The van der Waals surface area contributed by atoms with Gasteiger partial charge in [-0.25, -0.2) is 0 Å². The minimum atomic E-state index is -0.150. The van der Waals surface area contributed by atoms with Gasteiger partial charge < -0.3 is 10.8 Å². The van der Waals surface area contributed by atoms with Crippen molar-refractivity contribution in [1.29, 1.82) is 0 Å². The highest BCUT2D eigenvalue weighted by Crippen LogP contribution is 2.18. The molecule has 0 aliphatic rings. The number of hydrogen-bond acceptors (Lipinski definition) is 2. The lowest BCUT2D eigenvalue weighted by molar-refractivity contribution is 0.350. The van der Waals surface area contributed by atoms with Crippen molar-refractivity contribution in [3.63, 3.8) is 0 Å². The molecule has 0 bridgehead atoms. The van der Waals surface area contributed by atoms with Crippen LogP contribution in [0.1, 0.15) is 5.56 Å². The molecule has 62 valence electrons. The van der Waals surface area contributed by atoms with Crippen LogP contribution < -0.4 is 5.73 Å². The van der Waals surface area contributed by atoms with E-state index in [0.717, 1.165) is 5.56 Å². The van der Waals surface area contributed by atoms with E-state index in [2.05, 4.69) is 11.8 Å². The van der Waals surface area contributed by atoms with Gasteiger partial charge in [-0.05, 0) is 18.2 Å². The Hall–Kier alpha value is -1.17. The van der Waals surface area contributed by atoms with Gasteiger partial charge in [-0.3, -0.25) is 0 Å². The molecule has 1 rings (SSSR count). The summed E-state index contributed by atoms with van der Waals surface area (Å²) in [5.41, 5.74) is 6.79. The van der Waals surface area contributed by atoms with Crippen LogP contribution in [-0.4, -0.2) is 11.7 Å². The molecule has 0 aromatic heterocycles. The summed E-state index contributed by atoms with van der Waals surface area (Å²) in [5, 5.41) is 8.94. The van der Waals surface area contributed by atoms with Gasteiger partial charge in [0.2, 0.25) is 0 Å². The van der Waals surface area contributed by atoms with Crippen LogP contribution in [-0.2, 0) is 0 Å². The zero-order valence-corrected chi connectivity index (χ0v) is 7.10. The molecular formula is C9H8ClNO. The van der Waals surface area contributed by atoms with Crippen LogP contribution in [0.15, 0.2) is 18.2 Å². The first kappa shape index (κ1) is 8.92. The van der Waals surface area contributed by atoms with Crippen LogP contribution in [0, 0.1) is 11.8 Å². The van der Waals surface area contributed by atoms with Crippen LogP contribution in [0.4, 0.5) is 5.69 Å². The molecule has 3 N–H and O–H groups in total. The third-order valence-electron chi connectivity index (χ3n) is 1.31. The number of nitrogens with two attached hydrogens (primary N) is 1. The number of nitrogen functional groups attached to an aromatic ring is 1. The number of hydrogen-bond donors (Lipinski definition) is 2. The van der Waals surface area contributed by atoms with Gasteiger partial charge in [-0.15, -0.1) is 0 Å². The summed E-state index contributed by atoms with van der Waals surface area (Å²) in [6, 6.07) is 5.10. The van der Waals surface area contributed by atoms with E-state index in [1.54, 1.807) is 18.2 Å². The Morgan fingerprint density at radius 3 is 2.83 bits per heavy atom. The first-order valence-corrected chi connectivity index (χ1v) is 3.76. The standard InChI is InChI=1S/C9H8ClNO/c10-8-4-3-7(2-1-5-12)6-9(8)11/h3-4,6,12H,5,11H2. The monoisotopic (exact) mass is 181 g/mol. The van der Waals surface area contributed by atoms with E-state index < -0.39 is 0 Å². The van der Waals surface area contributed by atoms with Gasteiger partial charge in [0.1, 0.15) is 6.61 Å². The number of aliphatic hydroxyl groups is 1. The smallest absolute Gasteiger partial charge is 0.104 e. The first-order chi connectivity index (χ1) is 5.74. The van der Waals surface area contributed by atoms with Crippen molar-refractivity contribution in [1.82, 2.24) is 0 Å². The Morgan fingerprint density at radius 2 is 2.25 bits per heavy atom. The van der Waals surface area contributed by atoms with Crippen molar-refractivity contribution in [3.05, 3.63) is 28.8 Å². The Morgan fingerprint density at radius 1 is 1.50 bits per heavy atom. The summed E-state index contributed by atoms with van der Waals surface area (Å²) in [6.45, 7) is -0.150. The maximum Gasteiger partial charge on any atom is 0.104 e. The SMILES string of the molecule is Nc1cc(C#CCO)ccc1Cl. The maximum absolute atomic E-state index is 8.42. The molecular weight excluding hydrogens is 174 g/mol. The van der Waals surface area contributed by atoms with E-state index in [1.165, 1.54) is 0 Å². The molecule has 0 radical (unpaired) electrons. The number of aliphatic hydroxyl groups excluding tert-OH is 1. The van der Waals surface area contributed by atoms with Gasteiger partial charge in [-0.1, -0.05) is 23.4 Å². The Balaban J connectivity index is 2.97. The predicted octanol–water partition coefficient (Wildman–Crippen LogP) is 1.27. The van der Waals surface area contributed by atoms with E-state index in [4.69, 9.17) is 22.4 Å². The van der Waals surface area contributed by atoms with Gasteiger partial charge in [-0.2, -0.15) is 0 Å². The zero-order chi connectivity index (χ0) is 8.97. The fraction of sp³-hybridized carbons (Fsp3) is 0.111. The average Bonchev–Trinajstić information content (AvgIpc) is 2.07. The second-order valence-corrected chi connectivity index (χ2v) is 2.60. The van der Waals surface area contributed by atoms with Crippen LogP contribution in [0.25, 0.3) is 0 Å². The molecule has 0 saturated carbocycles. The van der Waals surface area contributed by atoms with Crippen LogP contribution in [0.3, 0.4) is 0 Å². The van der Waals surface area contributed by atoms with E-state index in [9.17, 15) is 0 Å². The highest BCUT2D eigenvalue weighted by atomic mass is 35.5. The number of halogens is 1. The molecule has 1 aromatic carbocycles. The minimum Gasteiger partial charge on any atom is -0.397 e. The third-order valence-corrected chi connectivity index (χ3v) is 1.65. The zero-order valence-electron chi connectivity index (χ0n) is 6.34. The van der Waals surface area contributed by atoms with E-state index in [1.807, 2.05) is 0 Å². The summed E-state index contributed by atoms with van der Waals surface area (Å²) in [7, 11) is 0. The summed E-state index contributed by atoms with van der Waals surface area (Å²) in [4.78, 5) is 0. The molecule has 1 aromatic rings. The lowest BCUT2D eigenvalue weighted by atomic mass is 10.2. The quantitative estimate of drug-likeness (QED) is 0.468. The molecule has 0 atom stereocenters. The molecule has 0 spiro atoms. The Bertz CT molecular complexity index is 338. The van der Waals surface area contributed by atoms with Crippen molar-refractivity contribution in [2.45, 2.75) is 0 Å². The number of benzene rings is 1. The van der Waals surface area contributed by atoms with Crippen LogP contribution >= 0.6 is 11.6 Å². The van der Waals surface area contributed by atoms with Gasteiger partial charge >= 0.3 is 0 Å². The topological polar surface area (TPSA) is 46.2 Å². The molecule has 12 heavy (non-hydrogen) atoms. The fourth-order valence-electron chi connectivity index (χ4n) is 0.763. The van der Waals surface area contributed by atoms with Crippen LogP contribution in [0.5, 0.6) is 0 Å². The van der Waals surface area contributed by atoms with E-state index in [0.29, 0.717) is 10.7 Å². The Labute approximate surface area is 76.0 Å². The van der Waals surface area contributed by atoms with Gasteiger partial charge in [0.05, 0.1) is 10.7 Å². The molecule has 0 unspecified atom stereocenters. The molecule has 3 heteroatoms. The second-order valence-electron chi connectivity index (χ2n) is 2.20. The lowest BCUT2D eigenvalue weighted by Crippen LogP contribution is -1.87. The first-order valence-electron chi connectivity index (χ1n) is 3.39. The Kier molecular flexibility index (Phi) is 2.98. The van der Waals surface area contributed by atoms with Gasteiger partial charge in [0.15, 0.2) is 0 Å². The average molecular weight is 182 g/mol. The third kappa shape index (κ3) is 2.16. The molecule has 0 aliphatic carbocycles. The van der Waals surface area contributed by atoms with Crippen molar-refractivity contribution in [2.75, 3.05) is 12.3 Å². The minimum absolute atomic E-state index is 0.150. The molecule has 0 aliphatic heterocycles. The predicted molar refractivity (Wildman–Crippen MR) is 49.8 cm³/mol. The molecule has 0 amide bonds. The number of anilines is 1. The molecule has 0 heterocycles. The highest BCUT2D eigenvalue weighted by Gasteiger charge is 1.94. The van der Waals surface area contributed by atoms with Crippen molar-refractivity contribution in [2.24, 2.45) is 0 Å². The van der Waals surface area contributed by atoms with Crippen molar-refractivity contribution >= 4 is 17.3 Å². The normalized spacial score (nSPS) is 8.83. The summed E-state index contributed by atoms with van der Waals surface area (Å²) >= 11 is 5.69. The highest BCUT2D eigenvalue weighted by molar-refractivity contribution is 6.33. The second kappa shape index (κ2) is 4.01. The molecule has 2 nitrogen and oxygen atoms in total. The van der Waals surface area contributed by atoms with Crippen molar-refractivity contribution < 1.29 is 5.11 Å². The lowest BCUT2D eigenvalue weighted by Gasteiger charge is -1.96. The summed E-state index contributed by atoms with van der Waals surface area (Å²) < 4.78 is 0. The fourth-order valence-corrected chi connectivity index (χ4v) is 0.881.